The van der Waals surface area contributed by atoms with Crippen molar-refractivity contribution in [2.75, 3.05) is 13.6 Å². The fraction of sp³-hybridized carbons (Fsp3) is 0.412. The van der Waals surface area contributed by atoms with Crippen LogP contribution in [-0.2, 0) is 11.2 Å². The van der Waals surface area contributed by atoms with E-state index in [9.17, 15) is 19.8 Å². The SMILES string of the molecule is CC(C)CN(C)C(=O)N[C@@H](Cc1c[nH]c2ccc(O)cc12)C(=O)O. The largest absolute Gasteiger partial charge is 0.508 e. The van der Waals surface area contributed by atoms with E-state index < -0.39 is 18.0 Å². The average molecular weight is 333 g/mol. The van der Waals surface area contributed by atoms with Crippen molar-refractivity contribution in [3.63, 3.8) is 0 Å². The zero-order valence-corrected chi connectivity index (χ0v) is 14.0. The van der Waals surface area contributed by atoms with Crippen molar-refractivity contribution in [1.82, 2.24) is 15.2 Å². The van der Waals surface area contributed by atoms with Crippen LogP contribution in [0.2, 0.25) is 0 Å². The molecule has 0 saturated carbocycles. The van der Waals surface area contributed by atoms with Crippen molar-refractivity contribution < 1.29 is 19.8 Å². The molecule has 0 saturated heterocycles. The number of aromatic amines is 1. The van der Waals surface area contributed by atoms with Gasteiger partial charge in [-0.15, -0.1) is 0 Å². The Morgan fingerprint density at radius 3 is 2.67 bits per heavy atom. The molecule has 1 aromatic carbocycles. The molecular weight excluding hydrogens is 310 g/mol. The minimum atomic E-state index is -1.10. The Balaban J connectivity index is 2.14. The number of H-pyrrole nitrogens is 1. The first-order chi connectivity index (χ1) is 11.3. The Kier molecular flexibility index (Phi) is 5.33. The molecule has 0 spiro atoms. The number of amides is 2. The number of rotatable bonds is 6. The second kappa shape index (κ2) is 7.25. The first kappa shape index (κ1) is 17.7. The number of nitrogens with one attached hydrogen (secondary N) is 2. The molecule has 7 heteroatoms. The molecule has 4 N–H and O–H groups in total. The third kappa shape index (κ3) is 4.18. The van der Waals surface area contributed by atoms with Crippen molar-refractivity contribution in [1.29, 1.82) is 0 Å². The first-order valence-electron chi connectivity index (χ1n) is 7.81. The number of aromatic hydroxyl groups is 1. The van der Waals surface area contributed by atoms with E-state index in [1.54, 1.807) is 31.4 Å². The molecule has 0 aliphatic heterocycles. The summed E-state index contributed by atoms with van der Waals surface area (Å²) in [6.07, 6.45) is 1.82. The van der Waals surface area contributed by atoms with Crippen molar-refractivity contribution in [2.45, 2.75) is 26.3 Å². The predicted molar refractivity (Wildman–Crippen MR) is 91.1 cm³/mol. The molecule has 0 radical (unpaired) electrons. The number of fused-ring (bicyclic) bond motifs is 1. The van der Waals surface area contributed by atoms with E-state index in [4.69, 9.17) is 0 Å². The minimum Gasteiger partial charge on any atom is -0.508 e. The molecule has 1 atom stereocenters. The minimum absolute atomic E-state index is 0.107. The second-order valence-corrected chi connectivity index (χ2v) is 6.36. The van der Waals surface area contributed by atoms with Crippen LogP contribution in [0.5, 0.6) is 5.75 Å². The van der Waals surface area contributed by atoms with Gasteiger partial charge in [0.15, 0.2) is 0 Å². The van der Waals surface area contributed by atoms with Gasteiger partial charge in [0.1, 0.15) is 11.8 Å². The van der Waals surface area contributed by atoms with E-state index in [0.717, 1.165) is 16.5 Å². The van der Waals surface area contributed by atoms with E-state index in [1.165, 1.54) is 4.90 Å². The molecule has 2 rings (SSSR count). The maximum Gasteiger partial charge on any atom is 0.326 e. The molecule has 0 fully saturated rings. The highest BCUT2D eigenvalue weighted by atomic mass is 16.4. The van der Waals surface area contributed by atoms with Gasteiger partial charge in [-0.25, -0.2) is 9.59 Å². The van der Waals surface area contributed by atoms with Gasteiger partial charge in [0.05, 0.1) is 0 Å². The second-order valence-electron chi connectivity index (χ2n) is 6.36. The Bertz CT molecular complexity index is 739. The topological polar surface area (TPSA) is 106 Å². The van der Waals surface area contributed by atoms with Gasteiger partial charge in [0.25, 0.3) is 0 Å². The third-order valence-electron chi connectivity index (χ3n) is 3.76. The van der Waals surface area contributed by atoms with Gasteiger partial charge in [-0.2, -0.15) is 0 Å². The van der Waals surface area contributed by atoms with Crippen LogP contribution >= 0.6 is 0 Å². The molecule has 1 aromatic heterocycles. The zero-order chi connectivity index (χ0) is 17.9. The summed E-state index contributed by atoms with van der Waals surface area (Å²) in [5, 5.41) is 22.3. The molecule has 0 aliphatic rings. The van der Waals surface area contributed by atoms with Gasteiger partial charge in [-0.3, -0.25) is 0 Å². The summed E-state index contributed by atoms with van der Waals surface area (Å²) in [6.45, 7) is 4.51. The van der Waals surface area contributed by atoms with Crippen LogP contribution < -0.4 is 5.32 Å². The predicted octanol–water partition coefficient (Wildman–Crippen LogP) is 2.17. The number of nitrogens with zero attached hydrogens (tertiary/aromatic N) is 1. The summed E-state index contributed by atoms with van der Waals surface area (Å²) in [5.74, 6) is -0.702. The van der Waals surface area contributed by atoms with Gasteiger partial charge in [-0.1, -0.05) is 13.8 Å². The summed E-state index contributed by atoms with van der Waals surface area (Å²) in [5.41, 5.74) is 1.52. The monoisotopic (exact) mass is 333 g/mol. The maximum atomic E-state index is 12.1. The van der Waals surface area contributed by atoms with Crippen molar-refractivity contribution >= 4 is 22.9 Å². The number of phenolic OH excluding ortho intramolecular Hbond substituents is 1. The number of aliphatic carboxylic acids is 1. The van der Waals surface area contributed by atoms with Crippen LogP contribution in [-0.4, -0.2) is 51.7 Å². The van der Waals surface area contributed by atoms with Crippen LogP contribution in [0.4, 0.5) is 4.79 Å². The smallest absolute Gasteiger partial charge is 0.326 e. The summed E-state index contributed by atoms with van der Waals surface area (Å²) in [4.78, 5) is 28.2. The summed E-state index contributed by atoms with van der Waals surface area (Å²) in [7, 11) is 1.64. The summed E-state index contributed by atoms with van der Waals surface area (Å²) in [6, 6.07) is 3.39. The maximum absolute atomic E-state index is 12.1. The number of phenols is 1. The third-order valence-corrected chi connectivity index (χ3v) is 3.76. The molecule has 7 nitrogen and oxygen atoms in total. The lowest BCUT2D eigenvalue weighted by molar-refractivity contribution is -0.139. The van der Waals surface area contributed by atoms with Crippen LogP contribution in [0.15, 0.2) is 24.4 Å². The standard InChI is InChI=1S/C17H23N3O4/c1-10(2)9-20(3)17(24)19-15(16(22)23)6-11-8-18-14-5-4-12(21)7-13(11)14/h4-5,7-8,10,15,18,21H,6,9H2,1-3H3,(H,19,24)(H,22,23)/t15-/m0/s1. The fourth-order valence-corrected chi connectivity index (χ4v) is 2.65. The van der Waals surface area contributed by atoms with E-state index >= 15 is 0 Å². The Labute approximate surface area is 140 Å². The molecular formula is C17H23N3O4. The number of carboxylic acids is 1. The number of urea groups is 1. The van der Waals surface area contributed by atoms with Crippen molar-refractivity contribution in [3.05, 3.63) is 30.0 Å². The lowest BCUT2D eigenvalue weighted by atomic mass is 10.0. The number of carbonyl (C=O) groups is 2. The Morgan fingerprint density at radius 1 is 1.33 bits per heavy atom. The van der Waals surface area contributed by atoms with E-state index in [1.807, 2.05) is 13.8 Å². The van der Waals surface area contributed by atoms with Crippen LogP contribution in [0, 0.1) is 5.92 Å². The van der Waals surface area contributed by atoms with Crippen molar-refractivity contribution in [3.8, 4) is 5.75 Å². The molecule has 1 heterocycles. The lowest BCUT2D eigenvalue weighted by Crippen LogP contribution is -2.48. The van der Waals surface area contributed by atoms with Gasteiger partial charge >= 0.3 is 12.0 Å². The quantitative estimate of drug-likeness (QED) is 0.650. The lowest BCUT2D eigenvalue weighted by Gasteiger charge is -2.22. The number of carbonyl (C=O) groups excluding carboxylic acids is 1. The molecule has 0 bridgehead atoms. The highest BCUT2D eigenvalue weighted by molar-refractivity contribution is 5.87. The van der Waals surface area contributed by atoms with Crippen LogP contribution in [0.25, 0.3) is 10.9 Å². The number of aromatic nitrogens is 1. The van der Waals surface area contributed by atoms with Gasteiger partial charge in [0.2, 0.25) is 0 Å². The van der Waals surface area contributed by atoms with Gasteiger partial charge in [-0.05, 0) is 29.7 Å². The molecule has 2 amide bonds. The van der Waals surface area contributed by atoms with E-state index in [2.05, 4.69) is 10.3 Å². The molecule has 0 aliphatic carbocycles. The fourth-order valence-electron chi connectivity index (χ4n) is 2.65. The molecule has 2 aromatic rings. The summed E-state index contributed by atoms with van der Waals surface area (Å²) < 4.78 is 0. The normalized spacial score (nSPS) is 12.3. The molecule has 24 heavy (non-hydrogen) atoms. The highest BCUT2D eigenvalue weighted by Gasteiger charge is 2.23. The summed E-state index contributed by atoms with van der Waals surface area (Å²) >= 11 is 0. The first-order valence-corrected chi connectivity index (χ1v) is 7.81. The van der Waals surface area contributed by atoms with Crippen LogP contribution in [0.1, 0.15) is 19.4 Å². The number of hydrogen-bond acceptors (Lipinski definition) is 3. The van der Waals surface area contributed by atoms with E-state index in [0.29, 0.717) is 12.5 Å². The zero-order valence-electron chi connectivity index (χ0n) is 14.0. The number of hydrogen-bond donors (Lipinski definition) is 4. The highest BCUT2D eigenvalue weighted by Crippen LogP contribution is 2.24. The number of carboxylic acid groups (broad SMARTS) is 1. The Morgan fingerprint density at radius 2 is 2.04 bits per heavy atom. The molecule has 130 valence electrons. The average Bonchev–Trinajstić information content (AvgIpc) is 2.87. The van der Waals surface area contributed by atoms with E-state index in [-0.39, 0.29) is 12.2 Å². The number of benzene rings is 1. The van der Waals surface area contributed by atoms with Crippen molar-refractivity contribution in [2.24, 2.45) is 5.92 Å². The molecule has 0 unspecified atom stereocenters. The van der Waals surface area contributed by atoms with Gasteiger partial charge < -0.3 is 25.4 Å². The van der Waals surface area contributed by atoms with Gasteiger partial charge in [0, 0.05) is 37.1 Å². The Hall–Kier alpha value is -2.70. The van der Waals surface area contributed by atoms with Crippen LogP contribution in [0.3, 0.4) is 0 Å².